The monoisotopic (exact) mass is 368 g/mol. The van der Waals surface area contributed by atoms with Crippen LogP contribution in [0.4, 0.5) is 5.69 Å². The fourth-order valence-corrected chi connectivity index (χ4v) is 3.20. The number of amides is 1. The first-order chi connectivity index (χ1) is 12.3. The fraction of sp³-hybridized carbons (Fsp3) is 0.238. The Kier molecular flexibility index (Phi) is 4.88. The summed E-state index contributed by atoms with van der Waals surface area (Å²) in [4.78, 5) is 18.4. The number of halogens is 1. The zero-order valence-corrected chi connectivity index (χ0v) is 16.0. The van der Waals surface area contributed by atoms with Crippen molar-refractivity contribution in [3.8, 4) is 5.75 Å². The average molecular weight is 369 g/mol. The summed E-state index contributed by atoms with van der Waals surface area (Å²) in [6.45, 7) is 7.76. The van der Waals surface area contributed by atoms with Crippen molar-refractivity contribution >= 4 is 35.1 Å². The molecule has 0 fully saturated rings. The number of phenols is 1. The van der Waals surface area contributed by atoms with Gasteiger partial charge in [-0.2, -0.15) is 4.99 Å². The largest absolute Gasteiger partial charge is 0.508 e. The molecule has 0 bridgehead atoms. The standard InChI is InChI=1S/C21H21ClN2O2/c1-12(2)17-11-18(13(3)9-20(17)25)24-14(4)23-21(26)19(24)10-15-5-7-16(22)8-6-15/h5-12,25H,1-4H3. The highest BCUT2D eigenvalue weighted by molar-refractivity contribution is 6.30. The van der Waals surface area contributed by atoms with Crippen molar-refractivity contribution in [2.75, 3.05) is 4.90 Å². The molecule has 0 saturated carbocycles. The second kappa shape index (κ2) is 6.96. The van der Waals surface area contributed by atoms with E-state index in [0.717, 1.165) is 22.4 Å². The van der Waals surface area contributed by atoms with Crippen LogP contribution in [-0.4, -0.2) is 16.8 Å². The number of aliphatic imine (C=N–C) groups is 1. The lowest BCUT2D eigenvalue weighted by atomic mass is 9.98. The maximum Gasteiger partial charge on any atom is 0.295 e. The number of benzene rings is 2. The first kappa shape index (κ1) is 18.2. The van der Waals surface area contributed by atoms with Crippen LogP contribution >= 0.6 is 11.6 Å². The molecule has 0 spiro atoms. The number of amidine groups is 1. The Bertz CT molecular complexity index is 928. The van der Waals surface area contributed by atoms with Gasteiger partial charge in [0.2, 0.25) is 0 Å². The van der Waals surface area contributed by atoms with E-state index in [2.05, 4.69) is 4.99 Å². The highest BCUT2D eigenvalue weighted by Crippen LogP contribution is 2.36. The molecule has 1 aliphatic heterocycles. The molecule has 4 nitrogen and oxygen atoms in total. The zero-order valence-electron chi connectivity index (χ0n) is 15.2. The Morgan fingerprint density at radius 1 is 1.15 bits per heavy atom. The molecule has 0 unspecified atom stereocenters. The number of carbonyl (C=O) groups excluding carboxylic acids is 1. The summed E-state index contributed by atoms with van der Waals surface area (Å²) < 4.78 is 0. The summed E-state index contributed by atoms with van der Waals surface area (Å²) in [5.74, 6) is 0.757. The number of carbonyl (C=O) groups is 1. The molecule has 0 radical (unpaired) electrons. The van der Waals surface area contributed by atoms with Gasteiger partial charge in [0.15, 0.2) is 0 Å². The molecular formula is C21H21ClN2O2. The van der Waals surface area contributed by atoms with E-state index in [4.69, 9.17) is 11.6 Å². The molecule has 0 aromatic heterocycles. The summed E-state index contributed by atoms with van der Waals surface area (Å²) in [6.07, 6.45) is 1.81. The smallest absolute Gasteiger partial charge is 0.295 e. The van der Waals surface area contributed by atoms with E-state index in [0.29, 0.717) is 16.6 Å². The molecule has 3 rings (SSSR count). The van der Waals surface area contributed by atoms with Gasteiger partial charge in [-0.15, -0.1) is 0 Å². The lowest BCUT2D eigenvalue weighted by Gasteiger charge is -2.24. The van der Waals surface area contributed by atoms with Crippen molar-refractivity contribution in [2.24, 2.45) is 4.99 Å². The van der Waals surface area contributed by atoms with Crippen LogP contribution in [0, 0.1) is 6.92 Å². The Hall–Kier alpha value is -2.59. The van der Waals surface area contributed by atoms with Gasteiger partial charge >= 0.3 is 0 Å². The van der Waals surface area contributed by atoms with Gasteiger partial charge in [-0.05, 0) is 66.8 Å². The molecule has 1 N–H and O–H groups in total. The molecule has 134 valence electrons. The Morgan fingerprint density at radius 2 is 1.81 bits per heavy atom. The number of hydrogen-bond donors (Lipinski definition) is 1. The zero-order chi connectivity index (χ0) is 19.0. The number of aromatic hydroxyl groups is 1. The Balaban J connectivity index is 2.12. The summed E-state index contributed by atoms with van der Waals surface area (Å²) >= 11 is 5.94. The van der Waals surface area contributed by atoms with Crippen LogP contribution < -0.4 is 4.90 Å². The number of rotatable bonds is 3. The van der Waals surface area contributed by atoms with Crippen LogP contribution in [0.25, 0.3) is 6.08 Å². The molecule has 0 atom stereocenters. The van der Waals surface area contributed by atoms with E-state index in [-0.39, 0.29) is 17.6 Å². The second-order valence-corrected chi connectivity index (χ2v) is 7.17. The van der Waals surface area contributed by atoms with Crippen molar-refractivity contribution in [1.82, 2.24) is 0 Å². The molecule has 2 aromatic carbocycles. The molecule has 0 aliphatic carbocycles. The summed E-state index contributed by atoms with van der Waals surface area (Å²) in [7, 11) is 0. The van der Waals surface area contributed by atoms with Gasteiger partial charge in [0.25, 0.3) is 5.91 Å². The lowest BCUT2D eigenvalue weighted by Crippen LogP contribution is -2.25. The van der Waals surface area contributed by atoms with Crippen LogP contribution in [0.1, 0.15) is 43.4 Å². The quantitative estimate of drug-likeness (QED) is 0.749. The molecule has 26 heavy (non-hydrogen) atoms. The SMILES string of the molecule is CC1=NC(=O)C(=Cc2ccc(Cl)cc2)N1c1cc(C(C)C)c(O)cc1C. The van der Waals surface area contributed by atoms with E-state index in [1.54, 1.807) is 24.3 Å². The van der Waals surface area contributed by atoms with Crippen LogP contribution in [0.3, 0.4) is 0 Å². The maximum atomic E-state index is 12.5. The third-order valence-corrected chi connectivity index (χ3v) is 4.68. The van der Waals surface area contributed by atoms with E-state index in [9.17, 15) is 9.90 Å². The first-order valence-electron chi connectivity index (χ1n) is 8.48. The van der Waals surface area contributed by atoms with Gasteiger partial charge in [0.1, 0.15) is 17.3 Å². The minimum absolute atomic E-state index is 0.161. The van der Waals surface area contributed by atoms with Gasteiger partial charge in [-0.1, -0.05) is 37.6 Å². The van der Waals surface area contributed by atoms with Crippen molar-refractivity contribution < 1.29 is 9.90 Å². The van der Waals surface area contributed by atoms with Crippen LogP contribution in [0.15, 0.2) is 47.1 Å². The van der Waals surface area contributed by atoms with Crippen molar-refractivity contribution in [2.45, 2.75) is 33.6 Å². The highest BCUT2D eigenvalue weighted by atomic mass is 35.5. The van der Waals surface area contributed by atoms with Crippen molar-refractivity contribution in [1.29, 1.82) is 0 Å². The molecule has 1 aliphatic rings. The fourth-order valence-electron chi connectivity index (χ4n) is 3.07. The predicted molar refractivity (Wildman–Crippen MR) is 107 cm³/mol. The maximum absolute atomic E-state index is 12.5. The van der Waals surface area contributed by atoms with Gasteiger partial charge in [-0.3, -0.25) is 9.69 Å². The normalized spacial score (nSPS) is 15.9. The minimum Gasteiger partial charge on any atom is -0.508 e. The summed E-state index contributed by atoms with van der Waals surface area (Å²) in [6, 6.07) is 11.0. The number of nitrogens with zero attached hydrogens (tertiary/aromatic N) is 2. The second-order valence-electron chi connectivity index (χ2n) is 6.73. The van der Waals surface area contributed by atoms with E-state index < -0.39 is 0 Å². The molecule has 2 aromatic rings. The predicted octanol–water partition coefficient (Wildman–Crippen LogP) is 5.28. The number of aryl methyl sites for hydroxylation is 1. The number of phenolic OH excluding ortho intramolecular Hbond substituents is 1. The minimum atomic E-state index is -0.281. The number of hydrogen-bond acceptors (Lipinski definition) is 3. The van der Waals surface area contributed by atoms with Gasteiger partial charge in [0, 0.05) is 5.02 Å². The third kappa shape index (κ3) is 3.37. The Morgan fingerprint density at radius 3 is 2.42 bits per heavy atom. The van der Waals surface area contributed by atoms with Crippen molar-refractivity contribution in [3.63, 3.8) is 0 Å². The summed E-state index contributed by atoms with van der Waals surface area (Å²) in [5.41, 5.74) is 3.90. The molecule has 1 amide bonds. The van der Waals surface area contributed by atoms with E-state index >= 15 is 0 Å². The van der Waals surface area contributed by atoms with Gasteiger partial charge in [0.05, 0.1) is 5.69 Å². The van der Waals surface area contributed by atoms with Crippen LogP contribution in [-0.2, 0) is 4.79 Å². The molecular weight excluding hydrogens is 348 g/mol. The average Bonchev–Trinajstić information content (AvgIpc) is 2.83. The molecule has 5 heteroatoms. The van der Waals surface area contributed by atoms with Crippen LogP contribution in [0.5, 0.6) is 5.75 Å². The molecule has 0 saturated heterocycles. The lowest BCUT2D eigenvalue weighted by molar-refractivity contribution is -0.113. The number of anilines is 1. The van der Waals surface area contributed by atoms with Crippen molar-refractivity contribution in [3.05, 3.63) is 63.8 Å². The summed E-state index contributed by atoms with van der Waals surface area (Å²) in [5, 5.41) is 10.9. The third-order valence-electron chi connectivity index (χ3n) is 4.43. The van der Waals surface area contributed by atoms with Crippen LogP contribution in [0.2, 0.25) is 5.02 Å². The van der Waals surface area contributed by atoms with Gasteiger partial charge in [-0.25, -0.2) is 0 Å². The van der Waals surface area contributed by atoms with Gasteiger partial charge < -0.3 is 5.11 Å². The van der Waals surface area contributed by atoms with E-state index in [1.807, 2.05) is 50.8 Å². The highest BCUT2D eigenvalue weighted by Gasteiger charge is 2.30. The Labute approximate surface area is 158 Å². The topological polar surface area (TPSA) is 52.9 Å². The van der Waals surface area contributed by atoms with E-state index in [1.165, 1.54) is 0 Å². The molecule has 1 heterocycles. The first-order valence-corrected chi connectivity index (χ1v) is 8.86.